The van der Waals surface area contributed by atoms with Crippen molar-refractivity contribution >= 4 is 29.7 Å². The lowest BCUT2D eigenvalue weighted by molar-refractivity contribution is -0.130. The molecule has 3 amide bonds. The number of thioether (sulfide) groups is 1. The summed E-state index contributed by atoms with van der Waals surface area (Å²) in [5.74, 6) is -0.844. The molecule has 0 saturated carbocycles. The quantitative estimate of drug-likeness (QED) is 0.339. The summed E-state index contributed by atoms with van der Waals surface area (Å²) in [6.07, 6.45) is -0.145. The molecule has 0 radical (unpaired) electrons. The van der Waals surface area contributed by atoms with Crippen LogP contribution in [0, 0.1) is 17.2 Å². The first-order chi connectivity index (χ1) is 17.7. The molecule has 2 aromatic carbocycles. The van der Waals surface area contributed by atoms with Crippen LogP contribution in [0.5, 0.6) is 0 Å². The molecular weight excluding hydrogens is 488 g/mol. The van der Waals surface area contributed by atoms with Crippen LogP contribution in [0.3, 0.4) is 0 Å². The first kappa shape index (κ1) is 29.7. The Labute approximate surface area is 223 Å². The SMILES string of the molecule is CC(C)CC(NC(=O)C(Cc1ccccc1)NC(=O)OCc1ccccc1)C(=O)NC(C#N)SC(C)C. The van der Waals surface area contributed by atoms with Gasteiger partial charge in [-0.05, 0) is 23.5 Å². The van der Waals surface area contributed by atoms with Gasteiger partial charge in [-0.25, -0.2) is 4.79 Å². The van der Waals surface area contributed by atoms with Crippen LogP contribution in [0.1, 0.15) is 45.2 Å². The lowest BCUT2D eigenvalue weighted by atomic mass is 10.0. The Balaban J connectivity index is 2.13. The van der Waals surface area contributed by atoms with E-state index in [1.165, 1.54) is 11.8 Å². The molecule has 0 bridgehead atoms. The Morgan fingerprint density at radius 2 is 1.41 bits per heavy atom. The van der Waals surface area contributed by atoms with Crippen LogP contribution in [-0.2, 0) is 27.4 Å². The topological polar surface area (TPSA) is 120 Å². The lowest BCUT2D eigenvalue weighted by Crippen LogP contribution is -2.55. The number of hydrogen-bond donors (Lipinski definition) is 3. The largest absolute Gasteiger partial charge is 0.445 e. The molecule has 3 N–H and O–H groups in total. The van der Waals surface area contributed by atoms with Gasteiger partial charge in [0.2, 0.25) is 11.8 Å². The highest BCUT2D eigenvalue weighted by atomic mass is 32.2. The second-order valence-electron chi connectivity index (χ2n) is 9.34. The minimum atomic E-state index is -0.968. The van der Waals surface area contributed by atoms with Gasteiger partial charge in [0, 0.05) is 11.7 Å². The summed E-state index contributed by atoms with van der Waals surface area (Å²) in [7, 11) is 0. The normalized spacial score (nSPS) is 13.2. The molecule has 2 rings (SSSR count). The van der Waals surface area contributed by atoms with Gasteiger partial charge in [-0.2, -0.15) is 5.26 Å². The summed E-state index contributed by atoms with van der Waals surface area (Å²) < 4.78 is 5.32. The van der Waals surface area contributed by atoms with Crippen molar-refractivity contribution in [2.75, 3.05) is 0 Å². The van der Waals surface area contributed by atoms with Crippen molar-refractivity contribution in [1.82, 2.24) is 16.0 Å². The molecule has 198 valence electrons. The number of nitrogens with one attached hydrogen (secondary N) is 3. The van der Waals surface area contributed by atoms with E-state index in [0.717, 1.165) is 11.1 Å². The molecule has 0 fully saturated rings. The molecule has 0 saturated heterocycles. The molecule has 0 aliphatic rings. The number of ether oxygens (including phenoxy) is 1. The number of amides is 3. The van der Waals surface area contributed by atoms with Gasteiger partial charge in [-0.3, -0.25) is 9.59 Å². The molecule has 0 aliphatic heterocycles. The first-order valence-electron chi connectivity index (χ1n) is 12.3. The van der Waals surface area contributed by atoms with E-state index < -0.39 is 35.4 Å². The van der Waals surface area contributed by atoms with Crippen molar-refractivity contribution in [3.63, 3.8) is 0 Å². The van der Waals surface area contributed by atoms with Crippen LogP contribution in [0.25, 0.3) is 0 Å². The predicted octanol–water partition coefficient (Wildman–Crippen LogP) is 4.16. The summed E-state index contributed by atoms with van der Waals surface area (Å²) in [4.78, 5) is 39.0. The molecule has 2 aromatic rings. The van der Waals surface area contributed by atoms with Crippen LogP contribution < -0.4 is 16.0 Å². The van der Waals surface area contributed by atoms with Crippen molar-refractivity contribution in [1.29, 1.82) is 5.26 Å². The fourth-order valence-corrected chi connectivity index (χ4v) is 4.33. The monoisotopic (exact) mass is 524 g/mol. The van der Waals surface area contributed by atoms with E-state index in [2.05, 4.69) is 22.0 Å². The maximum absolute atomic E-state index is 13.4. The van der Waals surface area contributed by atoms with Crippen molar-refractivity contribution < 1.29 is 19.1 Å². The Morgan fingerprint density at radius 1 is 0.838 bits per heavy atom. The van der Waals surface area contributed by atoms with Gasteiger partial charge in [-0.15, -0.1) is 11.8 Å². The van der Waals surface area contributed by atoms with E-state index in [1.807, 2.05) is 88.4 Å². The highest BCUT2D eigenvalue weighted by molar-refractivity contribution is 8.00. The molecule has 9 heteroatoms. The third kappa shape index (κ3) is 11.4. The zero-order chi connectivity index (χ0) is 27.2. The Bertz CT molecular complexity index is 1040. The predicted molar refractivity (Wildman–Crippen MR) is 145 cm³/mol. The van der Waals surface area contributed by atoms with Crippen molar-refractivity contribution in [2.45, 2.75) is 69.9 Å². The van der Waals surface area contributed by atoms with E-state index in [0.29, 0.717) is 6.42 Å². The average molecular weight is 525 g/mol. The Hall–Kier alpha value is -3.51. The first-order valence-corrected chi connectivity index (χ1v) is 13.3. The number of carbonyl (C=O) groups is 3. The van der Waals surface area contributed by atoms with Gasteiger partial charge >= 0.3 is 6.09 Å². The second-order valence-corrected chi connectivity index (χ2v) is 11.0. The summed E-state index contributed by atoms with van der Waals surface area (Å²) >= 11 is 1.32. The maximum atomic E-state index is 13.4. The van der Waals surface area contributed by atoms with Crippen LogP contribution in [-0.4, -0.2) is 40.6 Å². The third-order valence-electron chi connectivity index (χ3n) is 5.24. The van der Waals surface area contributed by atoms with E-state index in [9.17, 15) is 19.6 Å². The zero-order valence-corrected chi connectivity index (χ0v) is 22.6. The van der Waals surface area contributed by atoms with Gasteiger partial charge in [0.05, 0.1) is 6.07 Å². The maximum Gasteiger partial charge on any atom is 0.408 e. The Kier molecular flexibility index (Phi) is 12.5. The van der Waals surface area contributed by atoms with Crippen LogP contribution in [0.4, 0.5) is 4.79 Å². The van der Waals surface area contributed by atoms with Crippen LogP contribution in [0.15, 0.2) is 60.7 Å². The summed E-state index contributed by atoms with van der Waals surface area (Å²) in [5, 5.41) is 17.0. The fourth-order valence-electron chi connectivity index (χ4n) is 3.54. The molecule has 0 aromatic heterocycles. The number of nitrogens with zero attached hydrogens (tertiary/aromatic N) is 1. The second kappa shape index (κ2) is 15.6. The number of hydrogen-bond acceptors (Lipinski definition) is 6. The number of benzene rings is 2. The smallest absolute Gasteiger partial charge is 0.408 e. The molecule has 37 heavy (non-hydrogen) atoms. The molecule has 0 heterocycles. The molecule has 3 unspecified atom stereocenters. The highest BCUT2D eigenvalue weighted by Gasteiger charge is 2.29. The lowest BCUT2D eigenvalue weighted by Gasteiger charge is -2.25. The average Bonchev–Trinajstić information content (AvgIpc) is 2.86. The fraction of sp³-hybridized carbons (Fsp3) is 0.429. The van der Waals surface area contributed by atoms with E-state index in [1.54, 1.807) is 0 Å². The van der Waals surface area contributed by atoms with Crippen molar-refractivity contribution in [3.05, 3.63) is 71.8 Å². The molecule has 0 aliphatic carbocycles. The summed E-state index contributed by atoms with van der Waals surface area (Å²) in [6.45, 7) is 7.82. The summed E-state index contributed by atoms with van der Waals surface area (Å²) in [6, 6.07) is 18.8. The number of carbonyl (C=O) groups excluding carboxylic acids is 3. The van der Waals surface area contributed by atoms with Gasteiger partial charge in [-0.1, -0.05) is 88.4 Å². The highest BCUT2D eigenvalue weighted by Crippen LogP contribution is 2.15. The van der Waals surface area contributed by atoms with Crippen LogP contribution in [0.2, 0.25) is 0 Å². The van der Waals surface area contributed by atoms with E-state index in [-0.39, 0.29) is 24.2 Å². The third-order valence-corrected chi connectivity index (χ3v) is 6.28. The van der Waals surface area contributed by atoms with E-state index >= 15 is 0 Å². The number of alkyl carbamates (subject to hydrolysis) is 1. The van der Waals surface area contributed by atoms with Gasteiger partial charge < -0.3 is 20.7 Å². The summed E-state index contributed by atoms with van der Waals surface area (Å²) in [5.41, 5.74) is 1.66. The van der Waals surface area contributed by atoms with Crippen molar-refractivity contribution in [2.24, 2.45) is 5.92 Å². The van der Waals surface area contributed by atoms with Crippen molar-refractivity contribution in [3.8, 4) is 6.07 Å². The van der Waals surface area contributed by atoms with Gasteiger partial charge in [0.1, 0.15) is 18.7 Å². The number of rotatable bonds is 13. The number of nitriles is 1. The minimum Gasteiger partial charge on any atom is -0.445 e. The Morgan fingerprint density at radius 3 is 1.95 bits per heavy atom. The minimum absolute atomic E-state index is 0.0633. The van der Waals surface area contributed by atoms with Gasteiger partial charge in [0.15, 0.2) is 5.37 Å². The standard InChI is InChI=1S/C28H36N4O4S/c1-19(2)15-23(27(34)32-25(17-29)37-20(3)4)30-26(33)24(16-21-11-7-5-8-12-21)31-28(35)36-18-22-13-9-6-10-14-22/h5-14,19-20,23-25H,15-16,18H2,1-4H3,(H,30,33)(H,31,35)(H,32,34). The van der Waals surface area contributed by atoms with E-state index in [4.69, 9.17) is 4.74 Å². The molecular formula is C28H36N4O4S. The van der Waals surface area contributed by atoms with Gasteiger partial charge in [0.25, 0.3) is 0 Å². The molecule has 0 spiro atoms. The van der Waals surface area contributed by atoms with Crippen LogP contribution >= 0.6 is 11.8 Å². The zero-order valence-electron chi connectivity index (χ0n) is 21.8. The molecule has 3 atom stereocenters. The molecule has 8 nitrogen and oxygen atoms in total.